The van der Waals surface area contributed by atoms with Crippen LogP contribution in [0.2, 0.25) is 0 Å². The van der Waals surface area contributed by atoms with Crippen LogP contribution in [-0.4, -0.2) is 31.3 Å². The van der Waals surface area contributed by atoms with Gasteiger partial charge in [0, 0.05) is 5.41 Å². The fraction of sp³-hybridized carbons (Fsp3) is 0.938. The molecule has 1 aliphatic carbocycles. The summed E-state index contributed by atoms with van der Waals surface area (Å²) >= 11 is 0. The second kappa shape index (κ2) is 13.1. The highest BCUT2D eigenvalue weighted by Gasteiger charge is 2.27. The minimum absolute atomic E-state index is 0.0556. The summed E-state index contributed by atoms with van der Waals surface area (Å²) in [5.74, 6) is 0. The number of aldehydes is 1. The summed E-state index contributed by atoms with van der Waals surface area (Å²) in [7, 11) is 2.17. The summed E-state index contributed by atoms with van der Waals surface area (Å²) < 4.78 is 0. The minimum Gasteiger partial charge on any atom is -0.306 e. The molecule has 0 spiro atoms. The molecule has 1 aliphatic heterocycles. The van der Waals surface area contributed by atoms with Crippen molar-refractivity contribution in [2.75, 3.05) is 20.1 Å². The Bertz CT molecular complexity index is 168. The van der Waals surface area contributed by atoms with Crippen LogP contribution in [0.15, 0.2) is 0 Å². The molecule has 2 heteroatoms. The molecule has 18 heavy (non-hydrogen) atoms. The van der Waals surface area contributed by atoms with E-state index in [1.54, 1.807) is 0 Å². The summed E-state index contributed by atoms with van der Waals surface area (Å²) in [5, 5.41) is 0. The topological polar surface area (TPSA) is 20.3 Å². The largest absolute Gasteiger partial charge is 0.306 e. The number of carbonyl (C=O) groups excluding carboxylic acids is 1. The van der Waals surface area contributed by atoms with Gasteiger partial charge in [-0.25, -0.2) is 0 Å². The number of likely N-dealkylation sites (tertiary alicyclic amines) is 1. The molecule has 1 saturated carbocycles. The van der Waals surface area contributed by atoms with E-state index < -0.39 is 0 Å². The molecule has 110 valence electrons. The molecule has 0 unspecified atom stereocenters. The van der Waals surface area contributed by atoms with Gasteiger partial charge in [-0.15, -0.1) is 0 Å². The normalized spacial score (nSPS) is 20.6. The molecule has 0 atom stereocenters. The second-order valence-electron chi connectivity index (χ2n) is 4.99. The monoisotopic (exact) mass is 257 g/mol. The average molecular weight is 257 g/mol. The van der Waals surface area contributed by atoms with Crippen molar-refractivity contribution in [3.05, 3.63) is 0 Å². The van der Waals surface area contributed by atoms with Crippen molar-refractivity contribution in [3.8, 4) is 0 Å². The van der Waals surface area contributed by atoms with E-state index in [9.17, 15) is 4.79 Å². The Morgan fingerprint density at radius 2 is 1.28 bits per heavy atom. The van der Waals surface area contributed by atoms with Gasteiger partial charge in [0.15, 0.2) is 0 Å². The SMILES string of the molecule is CC.CC.CC1(C=O)CCCC1.CN1CCCC1. The summed E-state index contributed by atoms with van der Waals surface area (Å²) in [4.78, 5) is 12.7. The second-order valence-corrected chi connectivity index (χ2v) is 4.99. The Morgan fingerprint density at radius 3 is 1.44 bits per heavy atom. The van der Waals surface area contributed by atoms with Gasteiger partial charge in [-0.2, -0.15) is 0 Å². The quantitative estimate of drug-likeness (QED) is 0.643. The van der Waals surface area contributed by atoms with Gasteiger partial charge in [0.25, 0.3) is 0 Å². The van der Waals surface area contributed by atoms with Gasteiger partial charge in [-0.05, 0) is 45.8 Å². The standard InChI is InChI=1S/C7H12O.C5H11N.2C2H6/c1-7(6-8)4-2-3-5-7;1-6-4-2-3-5-6;2*1-2/h6H,2-5H2,1H3;2-5H2,1H3;2*1-2H3. The molecule has 0 bridgehead atoms. The summed E-state index contributed by atoms with van der Waals surface area (Å²) in [6, 6.07) is 0. The van der Waals surface area contributed by atoms with Gasteiger partial charge in [0.2, 0.25) is 0 Å². The van der Waals surface area contributed by atoms with E-state index in [4.69, 9.17) is 0 Å². The molecular formula is C16H35NO. The Labute approximate surface area is 115 Å². The Kier molecular flexibility index (Phi) is 14.5. The highest BCUT2D eigenvalue weighted by Crippen LogP contribution is 2.34. The van der Waals surface area contributed by atoms with Crippen LogP contribution in [-0.2, 0) is 4.79 Å². The maximum absolute atomic E-state index is 10.3. The third-order valence-electron chi connectivity index (χ3n) is 3.36. The number of carbonyl (C=O) groups is 1. The van der Waals surface area contributed by atoms with E-state index >= 15 is 0 Å². The Balaban J connectivity index is 0. The Morgan fingerprint density at radius 1 is 0.889 bits per heavy atom. The van der Waals surface area contributed by atoms with E-state index in [0.29, 0.717) is 0 Å². The molecule has 0 aromatic carbocycles. The molecule has 2 fully saturated rings. The summed E-state index contributed by atoms with van der Waals surface area (Å²) in [5.41, 5.74) is 0.0556. The van der Waals surface area contributed by atoms with Crippen molar-refractivity contribution in [3.63, 3.8) is 0 Å². The van der Waals surface area contributed by atoms with Gasteiger partial charge in [-0.3, -0.25) is 0 Å². The lowest BCUT2D eigenvalue weighted by atomic mass is 9.91. The van der Waals surface area contributed by atoms with Crippen molar-refractivity contribution in [1.29, 1.82) is 0 Å². The minimum atomic E-state index is 0.0556. The van der Waals surface area contributed by atoms with E-state index in [2.05, 4.69) is 11.9 Å². The smallest absolute Gasteiger partial charge is 0.125 e. The first-order valence-corrected chi connectivity index (χ1v) is 7.81. The molecule has 0 aromatic heterocycles. The molecule has 2 aliphatic rings. The van der Waals surface area contributed by atoms with Gasteiger partial charge < -0.3 is 9.69 Å². The van der Waals surface area contributed by atoms with Crippen molar-refractivity contribution >= 4 is 6.29 Å². The molecule has 0 N–H and O–H groups in total. The van der Waals surface area contributed by atoms with Gasteiger partial charge >= 0.3 is 0 Å². The third-order valence-corrected chi connectivity index (χ3v) is 3.36. The fourth-order valence-corrected chi connectivity index (χ4v) is 2.18. The van der Waals surface area contributed by atoms with Crippen LogP contribution in [0, 0.1) is 5.41 Å². The van der Waals surface area contributed by atoms with Crippen molar-refractivity contribution in [1.82, 2.24) is 4.90 Å². The number of hydrogen-bond donors (Lipinski definition) is 0. The number of nitrogens with zero attached hydrogens (tertiary/aromatic N) is 1. The maximum atomic E-state index is 10.3. The van der Waals surface area contributed by atoms with Crippen molar-refractivity contribution < 1.29 is 4.79 Å². The third kappa shape index (κ3) is 9.64. The lowest BCUT2D eigenvalue weighted by Crippen LogP contribution is -2.11. The van der Waals surface area contributed by atoms with Crippen LogP contribution in [0.1, 0.15) is 73.1 Å². The van der Waals surface area contributed by atoms with Gasteiger partial charge in [-0.1, -0.05) is 47.5 Å². The van der Waals surface area contributed by atoms with Crippen LogP contribution < -0.4 is 0 Å². The number of hydrogen-bond acceptors (Lipinski definition) is 2. The first kappa shape index (κ1) is 20.0. The van der Waals surface area contributed by atoms with Crippen LogP contribution in [0.3, 0.4) is 0 Å². The van der Waals surface area contributed by atoms with Crippen molar-refractivity contribution in [2.24, 2.45) is 5.41 Å². The molecule has 0 amide bonds. The highest BCUT2D eigenvalue weighted by atomic mass is 16.1. The van der Waals surface area contributed by atoms with E-state index in [-0.39, 0.29) is 5.41 Å². The fourth-order valence-electron chi connectivity index (χ4n) is 2.18. The van der Waals surface area contributed by atoms with E-state index in [0.717, 1.165) is 19.1 Å². The predicted octanol–water partition coefficient (Wildman–Crippen LogP) is 4.53. The zero-order chi connectivity index (χ0) is 14.4. The zero-order valence-electron chi connectivity index (χ0n) is 13.6. The first-order chi connectivity index (χ1) is 8.66. The number of rotatable bonds is 1. The zero-order valence-corrected chi connectivity index (χ0v) is 13.6. The molecule has 1 saturated heterocycles. The lowest BCUT2D eigenvalue weighted by Gasteiger charge is -2.11. The van der Waals surface area contributed by atoms with Crippen LogP contribution in [0.25, 0.3) is 0 Å². The average Bonchev–Trinajstić information content (AvgIpc) is 3.07. The highest BCUT2D eigenvalue weighted by molar-refractivity contribution is 5.58. The lowest BCUT2D eigenvalue weighted by molar-refractivity contribution is -0.115. The maximum Gasteiger partial charge on any atom is 0.125 e. The predicted molar refractivity (Wildman–Crippen MR) is 82.1 cm³/mol. The van der Waals surface area contributed by atoms with Crippen LogP contribution in [0.4, 0.5) is 0 Å². The van der Waals surface area contributed by atoms with Gasteiger partial charge in [0.1, 0.15) is 6.29 Å². The molecule has 0 aromatic rings. The van der Waals surface area contributed by atoms with Crippen molar-refractivity contribution in [2.45, 2.75) is 73.1 Å². The molecule has 0 radical (unpaired) electrons. The molecule has 1 heterocycles. The summed E-state index contributed by atoms with van der Waals surface area (Å²) in [6.07, 6.45) is 8.64. The molecule has 2 rings (SSSR count). The van der Waals surface area contributed by atoms with E-state index in [1.165, 1.54) is 38.8 Å². The first-order valence-electron chi connectivity index (χ1n) is 7.81. The van der Waals surface area contributed by atoms with E-state index in [1.807, 2.05) is 34.6 Å². The summed E-state index contributed by atoms with van der Waals surface area (Å²) in [6.45, 7) is 12.7. The Hall–Kier alpha value is -0.370. The molecular weight excluding hydrogens is 222 g/mol. The molecule has 2 nitrogen and oxygen atoms in total. The van der Waals surface area contributed by atoms with Crippen LogP contribution >= 0.6 is 0 Å². The van der Waals surface area contributed by atoms with Crippen LogP contribution in [0.5, 0.6) is 0 Å². The van der Waals surface area contributed by atoms with Gasteiger partial charge in [0.05, 0.1) is 0 Å².